The Balaban J connectivity index is 1.21. The number of hydrogen-bond acceptors (Lipinski definition) is 6. The molecule has 0 aliphatic carbocycles. The maximum Gasteiger partial charge on any atom is 0.406 e. The summed E-state index contributed by atoms with van der Waals surface area (Å²) in [5, 5.41) is 0. The Morgan fingerprint density at radius 3 is 2.31 bits per heavy atom. The lowest BCUT2D eigenvalue weighted by Gasteiger charge is -2.40. The number of carbonyl (C=O) groups excluding carboxylic acids is 1. The zero-order valence-corrected chi connectivity index (χ0v) is 22.1. The topological polar surface area (TPSA) is 80.5 Å². The van der Waals surface area contributed by atoms with Gasteiger partial charge in [0.25, 0.3) is 0 Å². The van der Waals surface area contributed by atoms with Crippen molar-refractivity contribution in [1.82, 2.24) is 4.90 Å². The smallest absolute Gasteiger partial charge is 0.406 e. The van der Waals surface area contributed by atoms with Crippen LogP contribution in [0, 0.1) is 6.57 Å². The van der Waals surface area contributed by atoms with Crippen LogP contribution in [0.4, 0.5) is 24.5 Å². The second-order valence-corrected chi connectivity index (χ2v) is 12.7. The Morgan fingerprint density at radius 1 is 1.10 bits per heavy atom. The van der Waals surface area contributed by atoms with E-state index in [0.29, 0.717) is 61.6 Å². The zero-order valence-electron chi connectivity index (χ0n) is 21.3. The van der Waals surface area contributed by atoms with Crippen molar-refractivity contribution in [2.45, 2.75) is 29.2 Å². The number of carbonyl (C=O) groups is 1. The summed E-state index contributed by atoms with van der Waals surface area (Å²) in [6.07, 6.45) is -2.64. The van der Waals surface area contributed by atoms with Crippen LogP contribution in [0.3, 0.4) is 0 Å². The number of rotatable bonds is 7. The molecule has 2 aromatic carbocycles. The molecule has 8 nitrogen and oxygen atoms in total. The molecule has 3 heterocycles. The fourth-order valence-electron chi connectivity index (χ4n) is 5.70. The van der Waals surface area contributed by atoms with Crippen LogP contribution in [0.2, 0.25) is 0 Å². The third-order valence-corrected chi connectivity index (χ3v) is 9.94. The number of likely N-dealkylation sites (tertiary alicyclic amines) is 1. The summed E-state index contributed by atoms with van der Waals surface area (Å²) in [5.41, 5.74) is 0.618. The molecule has 1 amide bonds. The zero-order chi connectivity index (χ0) is 28.1. The second kappa shape index (κ2) is 9.80. The van der Waals surface area contributed by atoms with Gasteiger partial charge in [-0.25, -0.2) is 13.3 Å². The molecule has 3 aliphatic rings. The van der Waals surface area contributed by atoms with Crippen LogP contribution in [0.25, 0.3) is 4.85 Å². The van der Waals surface area contributed by atoms with E-state index in [-0.39, 0.29) is 18.9 Å². The molecular formula is C27H28F3N3O5S. The normalized spacial score (nSPS) is 20.4. The number of hydrogen-bond donors (Lipinski definition) is 0. The maximum atomic E-state index is 13.4. The minimum Gasteiger partial charge on any atom is -0.492 e. The molecular weight excluding hydrogens is 535 g/mol. The summed E-state index contributed by atoms with van der Waals surface area (Å²) in [4.78, 5) is 19.7. The van der Waals surface area contributed by atoms with Crippen molar-refractivity contribution in [3.63, 3.8) is 0 Å². The molecule has 0 saturated carbocycles. The van der Waals surface area contributed by atoms with Gasteiger partial charge in [0.1, 0.15) is 23.6 Å². The van der Waals surface area contributed by atoms with Crippen molar-refractivity contribution >= 4 is 27.1 Å². The first-order chi connectivity index (χ1) is 18.4. The molecule has 0 bridgehead atoms. The first-order valence-electron chi connectivity index (χ1n) is 12.5. The van der Waals surface area contributed by atoms with E-state index < -0.39 is 38.6 Å². The van der Waals surface area contributed by atoms with E-state index in [2.05, 4.69) is 9.74 Å². The molecule has 208 valence electrons. The predicted octanol–water partition coefficient (Wildman–Crippen LogP) is 3.83. The Kier molecular flexibility index (Phi) is 6.89. The van der Waals surface area contributed by atoms with Gasteiger partial charge in [-0.05, 0) is 55.3 Å². The van der Waals surface area contributed by atoms with Crippen LogP contribution >= 0.6 is 0 Å². The Morgan fingerprint density at radius 2 is 1.77 bits per heavy atom. The van der Waals surface area contributed by atoms with Gasteiger partial charge in [0.2, 0.25) is 5.91 Å². The van der Waals surface area contributed by atoms with E-state index in [1.807, 2.05) is 0 Å². The molecule has 0 aromatic heterocycles. The number of halogens is 3. The summed E-state index contributed by atoms with van der Waals surface area (Å²) >= 11 is 0. The molecule has 0 atom stereocenters. The highest BCUT2D eigenvalue weighted by atomic mass is 32.2. The standard InChI is InChI=1S/C27H28F3N3O5S/c1-31-20-5-8-23-22(15-20)25(24(34)33(23)16-27(28,29)30)9-11-32(12-10-25)13-14-38-21-6-3-19(4-7-21)26(17-37-18-26)39(2,35)36/h3-8,15H,9-14,16-18H2,2H3. The number of benzene rings is 2. The van der Waals surface area contributed by atoms with Crippen molar-refractivity contribution < 1.29 is 35.9 Å². The highest BCUT2D eigenvalue weighted by Gasteiger charge is 2.54. The Bertz CT molecular complexity index is 1410. The van der Waals surface area contributed by atoms with Gasteiger partial charge in [0.15, 0.2) is 15.5 Å². The number of sulfone groups is 1. The fraction of sp³-hybridized carbons (Fsp3) is 0.481. The third kappa shape index (κ3) is 4.88. The van der Waals surface area contributed by atoms with Gasteiger partial charge in [0, 0.05) is 18.5 Å². The van der Waals surface area contributed by atoms with Crippen LogP contribution < -0.4 is 9.64 Å². The lowest BCUT2D eigenvalue weighted by Crippen LogP contribution is -2.52. The number of alkyl halides is 3. The monoisotopic (exact) mass is 563 g/mol. The SMILES string of the molecule is [C-]#[N+]c1ccc2c(c1)C1(CCN(CCOc3ccc(C4(S(C)(=O)=O)COC4)cc3)CC1)C(=O)N2CC(F)(F)F. The minimum atomic E-state index is -4.54. The van der Waals surface area contributed by atoms with Crippen molar-refractivity contribution in [1.29, 1.82) is 0 Å². The first kappa shape index (κ1) is 27.4. The van der Waals surface area contributed by atoms with Crippen LogP contribution in [0.15, 0.2) is 42.5 Å². The van der Waals surface area contributed by atoms with Crippen LogP contribution in [-0.4, -0.2) is 77.7 Å². The second-order valence-electron chi connectivity index (χ2n) is 10.4. The van der Waals surface area contributed by atoms with Gasteiger partial charge in [-0.1, -0.05) is 24.3 Å². The Hall–Kier alpha value is -3.14. The number of piperidine rings is 1. The predicted molar refractivity (Wildman–Crippen MR) is 138 cm³/mol. The van der Waals surface area contributed by atoms with Gasteiger partial charge < -0.3 is 14.4 Å². The molecule has 2 fully saturated rings. The quantitative estimate of drug-likeness (QED) is 0.477. The number of amides is 1. The van der Waals surface area contributed by atoms with E-state index in [4.69, 9.17) is 16.0 Å². The van der Waals surface area contributed by atoms with Crippen molar-refractivity contribution in [2.75, 3.05) is 57.2 Å². The van der Waals surface area contributed by atoms with Crippen LogP contribution in [-0.2, 0) is 29.5 Å². The van der Waals surface area contributed by atoms with E-state index in [0.717, 1.165) is 4.90 Å². The number of anilines is 1. The van der Waals surface area contributed by atoms with Gasteiger partial charge in [-0.3, -0.25) is 9.69 Å². The van der Waals surface area contributed by atoms with E-state index in [9.17, 15) is 26.4 Å². The van der Waals surface area contributed by atoms with Gasteiger partial charge in [0.05, 0.1) is 25.2 Å². The van der Waals surface area contributed by atoms with Gasteiger partial charge in [-0.2, -0.15) is 13.2 Å². The molecule has 0 unspecified atom stereocenters. The van der Waals surface area contributed by atoms with Gasteiger partial charge in [-0.15, -0.1) is 0 Å². The number of fused-ring (bicyclic) bond motifs is 2. The first-order valence-corrected chi connectivity index (χ1v) is 14.4. The van der Waals surface area contributed by atoms with Gasteiger partial charge >= 0.3 is 6.18 Å². The van der Waals surface area contributed by atoms with Crippen molar-refractivity contribution in [3.8, 4) is 5.75 Å². The molecule has 2 saturated heterocycles. The summed E-state index contributed by atoms with van der Waals surface area (Å²) in [6.45, 7) is 8.09. The average molecular weight is 564 g/mol. The average Bonchev–Trinajstić information content (AvgIpc) is 3.05. The highest BCUT2D eigenvalue weighted by Crippen LogP contribution is 2.50. The lowest BCUT2D eigenvalue weighted by atomic mass is 9.73. The maximum absolute atomic E-state index is 13.4. The molecule has 0 radical (unpaired) electrons. The molecule has 2 aromatic rings. The van der Waals surface area contributed by atoms with E-state index in [1.54, 1.807) is 30.3 Å². The molecule has 12 heteroatoms. The summed E-state index contributed by atoms with van der Waals surface area (Å²) in [6, 6.07) is 11.4. The van der Waals surface area contributed by atoms with E-state index in [1.165, 1.54) is 18.4 Å². The molecule has 0 N–H and O–H groups in total. The van der Waals surface area contributed by atoms with Crippen LogP contribution in [0.1, 0.15) is 24.0 Å². The summed E-state index contributed by atoms with van der Waals surface area (Å²) in [7, 11) is -3.34. The molecule has 39 heavy (non-hydrogen) atoms. The molecule has 3 aliphatic heterocycles. The van der Waals surface area contributed by atoms with Crippen molar-refractivity contribution in [3.05, 3.63) is 65.0 Å². The Labute approximate surface area is 225 Å². The number of ether oxygens (including phenoxy) is 2. The van der Waals surface area contributed by atoms with E-state index >= 15 is 0 Å². The molecule has 5 rings (SSSR count). The van der Waals surface area contributed by atoms with Crippen LogP contribution in [0.5, 0.6) is 5.75 Å². The largest absolute Gasteiger partial charge is 0.492 e. The minimum absolute atomic E-state index is 0.128. The number of nitrogens with zero attached hydrogens (tertiary/aromatic N) is 3. The fourth-order valence-corrected chi connectivity index (χ4v) is 6.86. The molecule has 1 spiro atoms. The summed E-state index contributed by atoms with van der Waals surface area (Å²) in [5.74, 6) is 0.0298. The summed E-state index contributed by atoms with van der Waals surface area (Å²) < 4.78 is 74.4. The van der Waals surface area contributed by atoms with Crippen molar-refractivity contribution in [2.24, 2.45) is 0 Å². The third-order valence-electron chi connectivity index (χ3n) is 8.05. The highest BCUT2D eigenvalue weighted by molar-refractivity contribution is 7.91. The lowest BCUT2D eigenvalue weighted by molar-refractivity contribution is -0.135.